The fraction of sp³-hybridized carbons (Fsp3) is 0.100. The van der Waals surface area contributed by atoms with Crippen LogP contribution in [0.3, 0.4) is 0 Å². The van der Waals surface area contributed by atoms with Crippen LogP contribution in [0.25, 0.3) is 0 Å². The fourth-order valence-corrected chi connectivity index (χ4v) is 2.38. The molecule has 0 atom stereocenters. The van der Waals surface area contributed by atoms with Gasteiger partial charge in [0.1, 0.15) is 5.82 Å². The van der Waals surface area contributed by atoms with E-state index in [1.807, 2.05) is 19.0 Å². The number of aromatic nitrogens is 2. The van der Waals surface area contributed by atoms with Crippen molar-refractivity contribution in [3.8, 4) is 0 Å². The normalized spacial score (nSPS) is 10.1. The predicted octanol–water partition coefficient (Wildman–Crippen LogP) is 3.05. The lowest BCUT2D eigenvalue weighted by molar-refractivity contribution is 0.101. The van der Waals surface area contributed by atoms with E-state index < -0.39 is 0 Å². The maximum absolute atomic E-state index is 12.5. The first-order chi connectivity index (χ1) is 13.0. The molecule has 0 unspecified atom stereocenters. The minimum atomic E-state index is -0.271. The lowest BCUT2D eigenvalue weighted by Gasteiger charge is -2.12. The van der Waals surface area contributed by atoms with Crippen LogP contribution in [-0.4, -0.2) is 35.9 Å². The Morgan fingerprint density at radius 2 is 1.48 bits per heavy atom. The quantitative estimate of drug-likeness (QED) is 0.729. The van der Waals surface area contributed by atoms with Crippen molar-refractivity contribution >= 4 is 29.0 Å². The number of carbonyl (C=O) groups excluding carboxylic acids is 2. The Bertz CT molecular complexity index is 957. The highest BCUT2D eigenvalue weighted by atomic mass is 16.2. The molecule has 0 bridgehead atoms. The number of anilines is 3. The van der Waals surface area contributed by atoms with E-state index in [1.165, 1.54) is 0 Å². The van der Waals surface area contributed by atoms with Crippen molar-refractivity contribution < 1.29 is 9.59 Å². The monoisotopic (exact) mass is 361 g/mol. The first-order valence-electron chi connectivity index (χ1n) is 8.29. The molecular formula is C20H19N5O2. The zero-order chi connectivity index (χ0) is 19.2. The Balaban J connectivity index is 1.73. The standard InChI is InChI=1S/C20H19N5O2/c1-25(2)18-13-15(6-11-22-18)20(27)24-17-5-3-4-14(12-17)19(26)23-16-7-9-21-10-8-16/h3-13H,1-2H3,(H,24,27)(H,21,23,26). The van der Waals surface area contributed by atoms with Crippen molar-refractivity contribution in [3.63, 3.8) is 0 Å². The van der Waals surface area contributed by atoms with Gasteiger partial charge in [0, 0.05) is 55.2 Å². The molecule has 0 radical (unpaired) electrons. The Kier molecular flexibility index (Phi) is 5.41. The van der Waals surface area contributed by atoms with Crippen LogP contribution in [0, 0.1) is 0 Å². The molecule has 0 fully saturated rings. The van der Waals surface area contributed by atoms with Gasteiger partial charge in [-0.15, -0.1) is 0 Å². The maximum atomic E-state index is 12.5. The zero-order valence-corrected chi connectivity index (χ0v) is 15.0. The van der Waals surface area contributed by atoms with Gasteiger partial charge in [0.15, 0.2) is 0 Å². The van der Waals surface area contributed by atoms with E-state index in [-0.39, 0.29) is 11.8 Å². The van der Waals surface area contributed by atoms with Gasteiger partial charge in [-0.3, -0.25) is 14.6 Å². The molecule has 2 aromatic heterocycles. The third kappa shape index (κ3) is 4.66. The number of carbonyl (C=O) groups is 2. The summed E-state index contributed by atoms with van der Waals surface area (Å²) >= 11 is 0. The van der Waals surface area contributed by atoms with E-state index in [1.54, 1.807) is 67.1 Å². The number of benzene rings is 1. The van der Waals surface area contributed by atoms with Gasteiger partial charge < -0.3 is 15.5 Å². The van der Waals surface area contributed by atoms with Gasteiger partial charge >= 0.3 is 0 Å². The van der Waals surface area contributed by atoms with E-state index in [0.29, 0.717) is 28.3 Å². The Labute approximate surface area is 157 Å². The molecule has 0 aliphatic rings. The molecule has 2 amide bonds. The number of nitrogens with one attached hydrogen (secondary N) is 2. The smallest absolute Gasteiger partial charge is 0.255 e. The molecule has 2 N–H and O–H groups in total. The summed E-state index contributed by atoms with van der Waals surface area (Å²) in [6, 6.07) is 13.5. The van der Waals surface area contributed by atoms with Gasteiger partial charge in [0.2, 0.25) is 0 Å². The first kappa shape index (κ1) is 18.1. The lowest BCUT2D eigenvalue weighted by atomic mass is 10.1. The van der Waals surface area contributed by atoms with Crippen LogP contribution in [0.5, 0.6) is 0 Å². The molecular weight excluding hydrogens is 342 g/mol. The Morgan fingerprint density at radius 3 is 2.19 bits per heavy atom. The van der Waals surface area contributed by atoms with Crippen LogP contribution in [0.1, 0.15) is 20.7 Å². The summed E-state index contributed by atoms with van der Waals surface area (Å²) < 4.78 is 0. The summed E-state index contributed by atoms with van der Waals surface area (Å²) in [5, 5.41) is 5.59. The van der Waals surface area contributed by atoms with Gasteiger partial charge in [-0.25, -0.2) is 4.98 Å². The number of hydrogen-bond donors (Lipinski definition) is 2. The number of hydrogen-bond acceptors (Lipinski definition) is 5. The summed E-state index contributed by atoms with van der Waals surface area (Å²) in [6.45, 7) is 0. The van der Waals surface area contributed by atoms with Gasteiger partial charge in [0.05, 0.1) is 0 Å². The first-order valence-corrected chi connectivity index (χ1v) is 8.29. The predicted molar refractivity (Wildman–Crippen MR) is 105 cm³/mol. The molecule has 1 aromatic carbocycles. The molecule has 3 rings (SSSR count). The van der Waals surface area contributed by atoms with Crippen molar-refractivity contribution in [3.05, 3.63) is 78.2 Å². The topological polar surface area (TPSA) is 87.2 Å². The summed E-state index contributed by atoms with van der Waals surface area (Å²) in [5.41, 5.74) is 2.11. The summed E-state index contributed by atoms with van der Waals surface area (Å²) in [4.78, 5) is 34.8. The van der Waals surface area contributed by atoms with Crippen LogP contribution >= 0.6 is 0 Å². The van der Waals surface area contributed by atoms with E-state index in [0.717, 1.165) is 0 Å². The van der Waals surface area contributed by atoms with Crippen LogP contribution in [0.2, 0.25) is 0 Å². The van der Waals surface area contributed by atoms with Crippen LogP contribution in [0.4, 0.5) is 17.2 Å². The summed E-state index contributed by atoms with van der Waals surface area (Å²) in [6.07, 6.45) is 4.79. The second-order valence-corrected chi connectivity index (χ2v) is 6.02. The van der Waals surface area contributed by atoms with Crippen LogP contribution in [0.15, 0.2) is 67.1 Å². The van der Waals surface area contributed by atoms with Crippen molar-refractivity contribution in [2.24, 2.45) is 0 Å². The second-order valence-electron chi connectivity index (χ2n) is 6.02. The fourth-order valence-electron chi connectivity index (χ4n) is 2.38. The van der Waals surface area contributed by atoms with E-state index in [2.05, 4.69) is 20.6 Å². The molecule has 0 saturated carbocycles. The molecule has 7 nitrogen and oxygen atoms in total. The number of rotatable bonds is 5. The van der Waals surface area contributed by atoms with E-state index >= 15 is 0 Å². The molecule has 0 saturated heterocycles. The number of nitrogens with zero attached hydrogens (tertiary/aromatic N) is 3. The highest BCUT2D eigenvalue weighted by Gasteiger charge is 2.11. The minimum Gasteiger partial charge on any atom is -0.363 e. The van der Waals surface area contributed by atoms with Gasteiger partial charge in [0.25, 0.3) is 11.8 Å². The van der Waals surface area contributed by atoms with Gasteiger partial charge in [-0.05, 0) is 42.5 Å². The molecule has 3 aromatic rings. The number of amides is 2. The zero-order valence-electron chi connectivity index (χ0n) is 15.0. The Morgan fingerprint density at radius 1 is 0.815 bits per heavy atom. The second kappa shape index (κ2) is 8.09. The molecule has 136 valence electrons. The van der Waals surface area contributed by atoms with Crippen molar-refractivity contribution in [1.29, 1.82) is 0 Å². The third-order valence-corrected chi connectivity index (χ3v) is 3.79. The average molecular weight is 361 g/mol. The van der Waals surface area contributed by atoms with Gasteiger partial charge in [-0.1, -0.05) is 6.07 Å². The SMILES string of the molecule is CN(C)c1cc(C(=O)Nc2cccc(C(=O)Nc3ccncc3)c2)ccn1. The van der Waals surface area contributed by atoms with E-state index in [9.17, 15) is 9.59 Å². The average Bonchev–Trinajstić information content (AvgIpc) is 2.69. The van der Waals surface area contributed by atoms with Crippen molar-refractivity contribution in [2.45, 2.75) is 0 Å². The van der Waals surface area contributed by atoms with Crippen LogP contribution in [-0.2, 0) is 0 Å². The molecule has 0 aliphatic carbocycles. The summed E-state index contributed by atoms with van der Waals surface area (Å²) in [7, 11) is 3.71. The highest BCUT2D eigenvalue weighted by Crippen LogP contribution is 2.16. The Hall–Kier alpha value is -3.74. The highest BCUT2D eigenvalue weighted by molar-refractivity contribution is 6.07. The van der Waals surface area contributed by atoms with Crippen molar-refractivity contribution in [1.82, 2.24) is 9.97 Å². The molecule has 0 spiro atoms. The lowest BCUT2D eigenvalue weighted by Crippen LogP contribution is -2.16. The molecule has 0 aliphatic heterocycles. The minimum absolute atomic E-state index is 0.267. The molecule has 2 heterocycles. The van der Waals surface area contributed by atoms with Crippen molar-refractivity contribution in [2.75, 3.05) is 29.6 Å². The molecule has 27 heavy (non-hydrogen) atoms. The van der Waals surface area contributed by atoms with E-state index in [4.69, 9.17) is 0 Å². The number of pyridine rings is 2. The summed E-state index contributed by atoms with van der Waals surface area (Å²) in [5.74, 6) is 0.149. The molecule has 7 heteroatoms. The van der Waals surface area contributed by atoms with Crippen LogP contribution < -0.4 is 15.5 Å². The maximum Gasteiger partial charge on any atom is 0.255 e. The van der Waals surface area contributed by atoms with Gasteiger partial charge in [-0.2, -0.15) is 0 Å². The largest absolute Gasteiger partial charge is 0.363 e. The third-order valence-electron chi connectivity index (χ3n) is 3.79.